The van der Waals surface area contributed by atoms with Gasteiger partial charge >= 0.3 is 17.9 Å². The maximum Gasteiger partial charge on any atom is 0.306 e. The van der Waals surface area contributed by atoms with Gasteiger partial charge < -0.3 is 14.2 Å². The van der Waals surface area contributed by atoms with E-state index in [0.29, 0.717) is 19.3 Å². The van der Waals surface area contributed by atoms with E-state index in [0.717, 1.165) is 77.0 Å². The first-order valence-electron chi connectivity index (χ1n) is 33.5. The van der Waals surface area contributed by atoms with Crippen LogP contribution in [0.25, 0.3) is 0 Å². The molecule has 0 saturated carbocycles. The molecule has 0 aromatic carbocycles. The van der Waals surface area contributed by atoms with E-state index in [9.17, 15) is 14.4 Å². The molecule has 6 nitrogen and oxygen atoms in total. The normalized spacial score (nSPS) is 12.2. The quantitative estimate of drug-likeness (QED) is 0.0261. The molecule has 0 heterocycles. The largest absolute Gasteiger partial charge is 0.462 e. The highest BCUT2D eigenvalue weighted by Gasteiger charge is 2.19. The monoisotopic (exact) mass is 1050 g/mol. The number of carbonyl (C=O) groups excluding carboxylic acids is 3. The Morgan fingerprint density at radius 3 is 0.787 bits per heavy atom. The van der Waals surface area contributed by atoms with Crippen molar-refractivity contribution >= 4 is 17.9 Å². The Balaban J connectivity index is 4.25. The maximum atomic E-state index is 12.9. The van der Waals surface area contributed by atoms with Crippen LogP contribution >= 0.6 is 0 Å². The van der Waals surface area contributed by atoms with Gasteiger partial charge in [-0.25, -0.2) is 0 Å². The third-order valence-corrected chi connectivity index (χ3v) is 15.1. The summed E-state index contributed by atoms with van der Waals surface area (Å²) in [6.45, 7) is 6.65. The SMILES string of the molecule is CCCC/C=C\C/C=C\CCCCCCCC(=O)OCC(COC(=O)CCCCCCCCCCCCCCCCCCCCCCCCCCC)OC(=O)CCCCCCCCC/C=C\CCCCCCCCC. The Kier molecular flexibility index (Phi) is 62.1. The van der Waals surface area contributed by atoms with Crippen molar-refractivity contribution in [2.45, 2.75) is 374 Å². The number of unbranched alkanes of at least 4 members (excludes halogenated alkanes) is 45. The fourth-order valence-electron chi connectivity index (χ4n) is 10.0. The van der Waals surface area contributed by atoms with Crippen LogP contribution in [0.1, 0.15) is 367 Å². The third kappa shape index (κ3) is 62.4. The minimum absolute atomic E-state index is 0.0742. The Bertz CT molecular complexity index is 1250. The second-order valence-corrected chi connectivity index (χ2v) is 22.7. The molecule has 0 N–H and O–H groups in total. The molecule has 6 heteroatoms. The second kappa shape index (κ2) is 64.2. The molecule has 0 aliphatic carbocycles. The van der Waals surface area contributed by atoms with E-state index in [2.05, 4.69) is 57.2 Å². The molecule has 0 spiro atoms. The summed E-state index contributed by atoms with van der Waals surface area (Å²) < 4.78 is 16.9. The van der Waals surface area contributed by atoms with E-state index < -0.39 is 6.10 Å². The lowest BCUT2D eigenvalue weighted by Gasteiger charge is -2.18. The molecule has 0 amide bonds. The first-order valence-corrected chi connectivity index (χ1v) is 33.5. The summed E-state index contributed by atoms with van der Waals surface area (Å²) >= 11 is 0. The van der Waals surface area contributed by atoms with Crippen molar-refractivity contribution in [2.24, 2.45) is 0 Å². The average Bonchev–Trinajstić information content (AvgIpc) is 3.41. The number of rotatable bonds is 62. The Morgan fingerprint density at radius 1 is 0.267 bits per heavy atom. The molecule has 0 fully saturated rings. The molecule has 0 bridgehead atoms. The van der Waals surface area contributed by atoms with Crippen LogP contribution in [0.5, 0.6) is 0 Å². The van der Waals surface area contributed by atoms with Gasteiger partial charge in [0.2, 0.25) is 0 Å². The van der Waals surface area contributed by atoms with Crippen molar-refractivity contribution in [3.05, 3.63) is 36.5 Å². The van der Waals surface area contributed by atoms with Gasteiger partial charge in [0.25, 0.3) is 0 Å². The third-order valence-electron chi connectivity index (χ3n) is 15.1. The summed E-state index contributed by atoms with van der Waals surface area (Å²) in [5.41, 5.74) is 0. The summed E-state index contributed by atoms with van der Waals surface area (Å²) in [7, 11) is 0. The summed E-state index contributed by atoms with van der Waals surface area (Å²) in [5.74, 6) is -0.869. The minimum Gasteiger partial charge on any atom is -0.462 e. The van der Waals surface area contributed by atoms with Crippen molar-refractivity contribution in [3.63, 3.8) is 0 Å². The molecule has 0 aromatic heterocycles. The van der Waals surface area contributed by atoms with Crippen molar-refractivity contribution in [3.8, 4) is 0 Å². The Hall–Kier alpha value is -2.37. The predicted molar refractivity (Wildman–Crippen MR) is 326 cm³/mol. The van der Waals surface area contributed by atoms with E-state index >= 15 is 0 Å². The van der Waals surface area contributed by atoms with Crippen LogP contribution in [0.3, 0.4) is 0 Å². The second-order valence-electron chi connectivity index (χ2n) is 22.7. The van der Waals surface area contributed by atoms with Gasteiger partial charge in [0, 0.05) is 19.3 Å². The zero-order valence-electron chi connectivity index (χ0n) is 50.6. The predicted octanol–water partition coefficient (Wildman–Crippen LogP) is 22.8. The van der Waals surface area contributed by atoms with Crippen molar-refractivity contribution < 1.29 is 28.6 Å². The van der Waals surface area contributed by atoms with Gasteiger partial charge in [-0.3, -0.25) is 14.4 Å². The van der Waals surface area contributed by atoms with Crippen LogP contribution in [0.2, 0.25) is 0 Å². The summed E-state index contributed by atoms with van der Waals surface area (Å²) in [6, 6.07) is 0. The lowest BCUT2D eigenvalue weighted by Crippen LogP contribution is -2.30. The van der Waals surface area contributed by atoms with Crippen LogP contribution in [0, 0.1) is 0 Å². The molecule has 75 heavy (non-hydrogen) atoms. The number of carbonyl (C=O) groups is 3. The van der Waals surface area contributed by atoms with Gasteiger partial charge in [-0.15, -0.1) is 0 Å². The molecule has 0 aliphatic heterocycles. The topological polar surface area (TPSA) is 78.9 Å². The molecular formula is C69H128O6. The summed E-state index contributed by atoms with van der Waals surface area (Å²) in [6.07, 6.45) is 78.8. The van der Waals surface area contributed by atoms with Crippen LogP contribution in [-0.2, 0) is 28.6 Å². The molecule has 0 aromatic rings. The summed E-state index contributed by atoms with van der Waals surface area (Å²) in [5, 5.41) is 0. The average molecular weight is 1050 g/mol. The lowest BCUT2D eigenvalue weighted by molar-refractivity contribution is -0.167. The number of hydrogen-bond acceptors (Lipinski definition) is 6. The smallest absolute Gasteiger partial charge is 0.306 e. The summed E-state index contributed by atoms with van der Waals surface area (Å²) in [4.78, 5) is 38.3. The van der Waals surface area contributed by atoms with Gasteiger partial charge in [-0.1, -0.05) is 314 Å². The zero-order chi connectivity index (χ0) is 54.3. The first kappa shape index (κ1) is 72.6. The van der Waals surface area contributed by atoms with Crippen LogP contribution in [0.4, 0.5) is 0 Å². The van der Waals surface area contributed by atoms with Crippen molar-refractivity contribution in [1.82, 2.24) is 0 Å². The molecule has 0 rings (SSSR count). The maximum absolute atomic E-state index is 12.9. The van der Waals surface area contributed by atoms with Gasteiger partial charge in [-0.2, -0.15) is 0 Å². The van der Waals surface area contributed by atoms with E-state index in [1.165, 1.54) is 250 Å². The Morgan fingerprint density at radius 2 is 0.493 bits per heavy atom. The minimum atomic E-state index is -0.779. The van der Waals surface area contributed by atoms with Crippen molar-refractivity contribution in [1.29, 1.82) is 0 Å². The number of ether oxygens (including phenoxy) is 3. The number of allylic oxidation sites excluding steroid dienone is 6. The number of hydrogen-bond donors (Lipinski definition) is 0. The van der Waals surface area contributed by atoms with Crippen LogP contribution in [-0.4, -0.2) is 37.2 Å². The first-order chi connectivity index (χ1) is 37.0. The van der Waals surface area contributed by atoms with Gasteiger partial charge in [0.05, 0.1) is 0 Å². The Labute approximate surface area is 467 Å². The fraction of sp³-hybridized carbons (Fsp3) is 0.870. The molecule has 0 radical (unpaired) electrons. The number of esters is 3. The molecule has 0 aliphatic rings. The molecule has 1 atom stereocenters. The standard InChI is InChI=1S/C69H128O6/c1-4-7-10-13-16-19-22-25-28-30-32-33-34-35-36-37-38-40-41-44-47-50-53-56-59-62-68(71)74-65-66(64-73-67(70)61-58-55-52-49-46-43-27-24-21-18-15-12-9-6-3)75-69(72)63-60-57-54-51-48-45-42-39-31-29-26-23-20-17-14-11-8-5-2/h15,18,24,27,29,31,66H,4-14,16-17,19-23,25-26,28,30,32-65H2,1-3H3/b18-15-,27-24-,31-29-. The highest BCUT2D eigenvalue weighted by Crippen LogP contribution is 2.18. The van der Waals surface area contributed by atoms with E-state index in [-0.39, 0.29) is 31.1 Å². The van der Waals surface area contributed by atoms with E-state index in [1.807, 2.05) is 0 Å². The molecule has 440 valence electrons. The highest BCUT2D eigenvalue weighted by atomic mass is 16.6. The van der Waals surface area contributed by atoms with Gasteiger partial charge in [0.15, 0.2) is 6.10 Å². The highest BCUT2D eigenvalue weighted by molar-refractivity contribution is 5.71. The van der Waals surface area contributed by atoms with E-state index in [4.69, 9.17) is 14.2 Å². The molecule has 1 unspecified atom stereocenters. The van der Waals surface area contributed by atoms with Crippen molar-refractivity contribution in [2.75, 3.05) is 13.2 Å². The van der Waals surface area contributed by atoms with Gasteiger partial charge in [0.1, 0.15) is 13.2 Å². The molecule has 0 saturated heterocycles. The molecular weight excluding hydrogens is 925 g/mol. The van der Waals surface area contributed by atoms with Gasteiger partial charge in [-0.05, 0) is 70.6 Å². The zero-order valence-corrected chi connectivity index (χ0v) is 50.6. The van der Waals surface area contributed by atoms with E-state index in [1.54, 1.807) is 0 Å². The van der Waals surface area contributed by atoms with Crippen LogP contribution < -0.4 is 0 Å². The van der Waals surface area contributed by atoms with Crippen LogP contribution in [0.15, 0.2) is 36.5 Å². The fourth-order valence-corrected chi connectivity index (χ4v) is 10.0. The lowest BCUT2D eigenvalue weighted by atomic mass is 10.0.